The Bertz CT molecular complexity index is 1370. The van der Waals surface area contributed by atoms with Crippen molar-refractivity contribution in [3.63, 3.8) is 0 Å². The number of fused-ring (bicyclic) bond motifs is 6. The first-order chi connectivity index (χ1) is 17.6. The Morgan fingerprint density at radius 1 is 0.722 bits per heavy atom. The van der Waals surface area contributed by atoms with E-state index in [1.165, 1.54) is 40.5 Å². The van der Waals surface area contributed by atoms with Gasteiger partial charge in [-0.25, -0.2) is 0 Å². The van der Waals surface area contributed by atoms with Crippen LogP contribution in [-0.4, -0.2) is 23.0 Å². The van der Waals surface area contributed by atoms with Crippen LogP contribution < -0.4 is 0 Å². The van der Waals surface area contributed by atoms with Crippen molar-refractivity contribution in [2.75, 3.05) is 7.11 Å². The van der Waals surface area contributed by atoms with Crippen LogP contribution in [0.15, 0.2) is 85.2 Å². The molecule has 180 valence electrons. The van der Waals surface area contributed by atoms with E-state index < -0.39 is 0 Å². The monoisotopic (exact) mass is 474 g/mol. The van der Waals surface area contributed by atoms with Crippen molar-refractivity contribution in [1.29, 1.82) is 0 Å². The van der Waals surface area contributed by atoms with E-state index in [2.05, 4.69) is 73.7 Å². The minimum absolute atomic E-state index is 0.178. The molecule has 2 aliphatic carbocycles. The molecule has 0 radical (unpaired) electrons. The Morgan fingerprint density at radius 3 is 1.75 bits per heavy atom. The summed E-state index contributed by atoms with van der Waals surface area (Å²) in [5.74, 6) is -0.178. The Hall–Kier alpha value is -3.79. The van der Waals surface area contributed by atoms with Gasteiger partial charge in [0.2, 0.25) is 0 Å². The van der Waals surface area contributed by atoms with Crippen molar-refractivity contribution >= 4 is 5.97 Å². The molecule has 6 rings (SSSR count). The van der Waals surface area contributed by atoms with Gasteiger partial charge in [0.25, 0.3) is 0 Å². The molecule has 0 fully saturated rings. The normalized spacial score (nSPS) is 20.8. The van der Waals surface area contributed by atoms with E-state index in [0.29, 0.717) is 12.8 Å². The van der Waals surface area contributed by atoms with E-state index in [0.717, 1.165) is 30.7 Å². The van der Waals surface area contributed by atoms with Crippen LogP contribution >= 0.6 is 0 Å². The lowest BCUT2D eigenvalue weighted by molar-refractivity contribution is -0.141. The highest BCUT2D eigenvalue weighted by atomic mass is 16.5. The number of esters is 1. The van der Waals surface area contributed by atoms with Gasteiger partial charge in [0.1, 0.15) is 0 Å². The molecular formula is C32H30N2O2. The third-order valence-electron chi connectivity index (χ3n) is 8.31. The third kappa shape index (κ3) is 3.17. The number of hydrogen-bond acceptors (Lipinski definition) is 4. The van der Waals surface area contributed by atoms with Gasteiger partial charge in [0.05, 0.1) is 18.5 Å². The standard InChI is InChI=1S/C32H30N2O2/c1-3-17-31(24-12-6-4-10-22(24)29-26(31)14-8-19-33-29)21-32(18-16-28(35)36-2)25-13-7-5-11-23(25)30-27(32)15-9-20-34-30/h4-15,19-20H,3,16-18,21H2,1-2H3/t31-,32+/m1/s1. The topological polar surface area (TPSA) is 52.1 Å². The van der Waals surface area contributed by atoms with Crippen LogP contribution in [0.4, 0.5) is 0 Å². The lowest BCUT2D eigenvalue weighted by atomic mass is 9.60. The Balaban J connectivity index is 1.63. The van der Waals surface area contributed by atoms with E-state index in [4.69, 9.17) is 14.7 Å². The predicted molar refractivity (Wildman–Crippen MR) is 142 cm³/mol. The van der Waals surface area contributed by atoms with Crippen LogP contribution in [0, 0.1) is 0 Å². The molecule has 0 saturated carbocycles. The molecular weight excluding hydrogens is 444 g/mol. The van der Waals surface area contributed by atoms with E-state index in [-0.39, 0.29) is 16.8 Å². The van der Waals surface area contributed by atoms with Crippen LogP contribution in [0.5, 0.6) is 0 Å². The number of pyridine rings is 2. The summed E-state index contributed by atoms with van der Waals surface area (Å²) >= 11 is 0. The van der Waals surface area contributed by atoms with Crippen molar-refractivity contribution < 1.29 is 9.53 Å². The smallest absolute Gasteiger partial charge is 0.305 e. The maximum atomic E-state index is 12.5. The van der Waals surface area contributed by atoms with Gasteiger partial charge in [-0.2, -0.15) is 0 Å². The van der Waals surface area contributed by atoms with E-state index in [1.54, 1.807) is 0 Å². The van der Waals surface area contributed by atoms with Gasteiger partial charge in [0, 0.05) is 40.8 Å². The zero-order chi connectivity index (χ0) is 24.8. The van der Waals surface area contributed by atoms with Crippen molar-refractivity contribution in [2.24, 2.45) is 0 Å². The fourth-order valence-electron chi connectivity index (χ4n) is 6.97. The van der Waals surface area contributed by atoms with Gasteiger partial charge < -0.3 is 4.74 Å². The Morgan fingerprint density at radius 2 is 1.22 bits per heavy atom. The number of carbonyl (C=O) groups excluding carboxylic acids is 1. The van der Waals surface area contributed by atoms with Crippen LogP contribution in [0.1, 0.15) is 61.3 Å². The van der Waals surface area contributed by atoms with Gasteiger partial charge >= 0.3 is 5.97 Å². The lowest BCUT2D eigenvalue weighted by Gasteiger charge is -2.42. The molecule has 0 bridgehead atoms. The summed E-state index contributed by atoms with van der Waals surface area (Å²) in [6.07, 6.45) is 7.67. The van der Waals surface area contributed by atoms with Crippen LogP contribution in [0.3, 0.4) is 0 Å². The van der Waals surface area contributed by atoms with Crippen LogP contribution in [0.2, 0.25) is 0 Å². The lowest BCUT2D eigenvalue weighted by Crippen LogP contribution is -2.38. The zero-order valence-electron chi connectivity index (χ0n) is 20.8. The molecule has 0 amide bonds. The molecule has 4 aromatic rings. The number of benzene rings is 2. The van der Waals surface area contributed by atoms with E-state index >= 15 is 0 Å². The SMILES string of the molecule is CCC[C@@]1(C[C@@]2(CCC(=O)OC)c3ccccc3-c3ncccc32)c2ccccc2-c2ncccc21. The van der Waals surface area contributed by atoms with E-state index in [9.17, 15) is 4.79 Å². The highest BCUT2D eigenvalue weighted by Crippen LogP contribution is 2.61. The highest BCUT2D eigenvalue weighted by molar-refractivity contribution is 5.82. The Kier molecular flexibility index (Phi) is 5.48. The largest absolute Gasteiger partial charge is 0.469 e. The number of methoxy groups -OCH3 is 1. The fourth-order valence-corrected chi connectivity index (χ4v) is 6.97. The maximum Gasteiger partial charge on any atom is 0.305 e. The van der Waals surface area contributed by atoms with Crippen molar-refractivity contribution in [2.45, 2.75) is 49.9 Å². The first kappa shape index (κ1) is 22.7. The van der Waals surface area contributed by atoms with Crippen molar-refractivity contribution in [3.8, 4) is 22.5 Å². The predicted octanol–water partition coefficient (Wildman–Crippen LogP) is 6.85. The van der Waals surface area contributed by atoms with Gasteiger partial charge in [-0.05, 0) is 53.6 Å². The summed E-state index contributed by atoms with van der Waals surface area (Å²) in [6, 6.07) is 25.9. The second-order valence-corrected chi connectivity index (χ2v) is 10.1. The molecule has 4 nitrogen and oxygen atoms in total. The quantitative estimate of drug-likeness (QED) is 0.275. The molecule has 2 aliphatic rings. The van der Waals surface area contributed by atoms with E-state index in [1.807, 2.05) is 18.5 Å². The van der Waals surface area contributed by atoms with Crippen molar-refractivity contribution in [1.82, 2.24) is 9.97 Å². The van der Waals surface area contributed by atoms with Gasteiger partial charge in [-0.15, -0.1) is 0 Å². The van der Waals surface area contributed by atoms with Crippen LogP contribution in [-0.2, 0) is 20.4 Å². The molecule has 2 heterocycles. The summed E-state index contributed by atoms with van der Waals surface area (Å²) in [6.45, 7) is 2.26. The summed E-state index contributed by atoms with van der Waals surface area (Å²) in [5, 5.41) is 0. The molecule has 0 spiro atoms. The molecule has 4 heteroatoms. The molecule has 0 saturated heterocycles. The first-order valence-electron chi connectivity index (χ1n) is 12.8. The zero-order valence-corrected chi connectivity index (χ0v) is 20.8. The van der Waals surface area contributed by atoms with Crippen LogP contribution in [0.25, 0.3) is 22.5 Å². The fraction of sp³-hybridized carbons (Fsp3) is 0.281. The highest BCUT2D eigenvalue weighted by Gasteiger charge is 2.53. The van der Waals surface area contributed by atoms with Gasteiger partial charge in [-0.3, -0.25) is 14.8 Å². The molecule has 2 aromatic carbocycles. The number of hydrogen-bond donors (Lipinski definition) is 0. The average molecular weight is 475 g/mol. The number of rotatable bonds is 7. The number of nitrogens with zero attached hydrogens (tertiary/aromatic N) is 2. The molecule has 2 atom stereocenters. The summed E-state index contributed by atoms with van der Waals surface area (Å²) in [7, 11) is 1.47. The van der Waals surface area contributed by atoms with Gasteiger partial charge in [-0.1, -0.05) is 74.0 Å². The Labute approximate surface area is 212 Å². The number of ether oxygens (including phenoxy) is 1. The second kappa shape index (κ2) is 8.70. The molecule has 0 N–H and O–H groups in total. The number of aromatic nitrogens is 2. The summed E-state index contributed by atoms with van der Waals surface area (Å²) in [4.78, 5) is 22.2. The minimum atomic E-state index is -0.381. The summed E-state index contributed by atoms with van der Waals surface area (Å²) in [5.41, 5.74) is 9.00. The van der Waals surface area contributed by atoms with Crippen molar-refractivity contribution in [3.05, 3.63) is 107 Å². The second-order valence-electron chi connectivity index (χ2n) is 10.1. The molecule has 0 aliphatic heterocycles. The molecule has 2 aromatic heterocycles. The van der Waals surface area contributed by atoms with Gasteiger partial charge in [0.15, 0.2) is 0 Å². The first-order valence-corrected chi connectivity index (χ1v) is 12.8. The average Bonchev–Trinajstić information content (AvgIpc) is 3.36. The minimum Gasteiger partial charge on any atom is -0.469 e. The maximum absolute atomic E-state index is 12.5. The third-order valence-corrected chi connectivity index (χ3v) is 8.31. The number of carbonyl (C=O) groups is 1. The summed E-state index contributed by atoms with van der Waals surface area (Å²) < 4.78 is 5.12. The molecule has 36 heavy (non-hydrogen) atoms. The molecule has 0 unspecified atom stereocenters.